The van der Waals surface area contributed by atoms with E-state index in [0.717, 1.165) is 10.0 Å². The fraction of sp³-hybridized carbons (Fsp3) is 0.533. The van der Waals surface area contributed by atoms with E-state index < -0.39 is 5.60 Å². The Morgan fingerprint density at radius 3 is 2.60 bits per heavy atom. The van der Waals surface area contributed by atoms with E-state index >= 15 is 0 Å². The molecule has 1 unspecified atom stereocenters. The second-order valence-corrected chi connectivity index (χ2v) is 5.68. The zero-order chi connectivity index (χ0) is 15.0. The van der Waals surface area contributed by atoms with Crippen molar-refractivity contribution in [3.05, 3.63) is 34.3 Å². The highest BCUT2D eigenvalue weighted by Crippen LogP contribution is 2.25. The number of nitrogens with one attached hydrogen (secondary N) is 1. The molecule has 1 atom stereocenters. The van der Waals surface area contributed by atoms with Gasteiger partial charge < -0.3 is 15.2 Å². The van der Waals surface area contributed by atoms with Crippen LogP contribution in [0.5, 0.6) is 0 Å². The number of benzene rings is 1. The summed E-state index contributed by atoms with van der Waals surface area (Å²) in [7, 11) is 1.61. The largest absolute Gasteiger partial charge is 0.385 e. The van der Waals surface area contributed by atoms with Crippen LogP contribution in [0, 0.1) is 0 Å². The van der Waals surface area contributed by atoms with Gasteiger partial charge in [-0.1, -0.05) is 35.0 Å². The highest BCUT2D eigenvalue weighted by Gasteiger charge is 2.27. The molecule has 1 aromatic rings. The third-order valence-electron chi connectivity index (χ3n) is 3.30. The van der Waals surface area contributed by atoms with Crippen LogP contribution in [0.15, 0.2) is 28.7 Å². The van der Waals surface area contributed by atoms with E-state index in [1.807, 2.05) is 31.2 Å². The zero-order valence-corrected chi connectivity index (χ0v) is 13.6. The summed E-state index contributed by atoms with van der Waals surface area (Å²) >= 11 is 3.37. The van der Waals surface area contributed by atoms with Crippen LogP contribution in [0.1, 0.15) is 31.7 Å². The Kier molecular flexibility index (Phi) is 7.19. The van der Waals surface area contributed by atoms with E-state index in [1.54, 1.807) is 7.11 Å². The van der Waals surface area contributed by atoms with Crippen LogP contribution in [0.4, 0.5) is 0 Å². The van der Waals surface area contributed by atoms with E-state index in [9.17, 15) is 9.90 Å². The fourth-order valence-electron chi connectivity index (χ4n) is 1.90. The molecule has 2 N–H and O–H groups in total. The van der Waals surface area contributed by atoms with Gasteiger partial charge in [0.25, 0.3) is 0 Å². The van der Waals surface area contributed by atoms with Gasteiger partial charge in [-0.15, -0.1) is 0 Å². The first kappa shape index (κ1) is 17.1. The Balaban J connectivity index is 2.57. The van der Waals surface area contributed by atoms with Gasteiger partial charge in [-0.25, -0.2) is 0 Å². The van der Waals surface area contributed by atoms with Gasteiger partial charge in [0, 0.05) is 24.6 Å². The highest BCUT2D eigenvalue weighted by atomic mass is 79.9. The summed E-state index contributed by atoms with van der Waals surface area (Å²) in [5, 5.41) is 13.4. The molecular formula is C15H22BrNO3. The van der Waals surface area contributed by atoms with E-state index in [2.05, 4.69) is 21.2 Å². The molecule has 4 nitrogen and oxygen atoms in total. The standard InChI is InChI=1S/C15H22BrNO3/c1-3-15(19,12-6-8-13(16)9-7-12)11-17-14(18)5-4-10-20-2/h6-9,19H,3-5,10-11H2,1-2H3,(H,17,18). The number of hydrogen-bond donors (Lipinski definition) is 2. The molecule has 0 radical (unpaired) electrons. The van der Waals surface area contributed by atoms with Gasteiger partial charge in [0.2, 0.25) is 5.91 Å². The molecule has 1 rings (SSSR count). The van der Waals surface area contributed by atoms with E-state index in [1.165, 1.54) is 0 Å². The number of halogens is 1. The van der Waals surface area contributed by atoms with E-state index in [4.69, 9.17) is 4.74 Å². The summed E-state index contributed by atoms with van der Waals surface area (Å²) in [6.45, 7) is 2.69. The number of aliphatic hydroxyl groups is 1. The quantitative estimate of drug-likeness (QED) is 0.713. The molecule has 0 aliphatic rings. The SMILES string of the molecule is CCC(O)(CNC(=O)CCCOC)c1ccc(Br)cc1. The summed E-state index contributed by atoms with van der Waals surface area (Å²) in [6.07, 6.45) is 1.63. The Morgan fingerprint density at radius 2 is 2.05 bits per heavy atom. The van der Waals surface area contributed by atoms with Crippen LogP contribution in [-0.2, 0) is 15.1 Å². The molecule has 0 saturated heterocycles. The van der Waals surface area contributed by atoms with E-state index in [-0.39, 0.29) is 12.5 Å². The van der Waals surface area contributed by atoms with Gasteiger partial charge in [0.1, 0.15) is 5.60 Å². The van der Waals surface area contributed by atoms with Gasteiger partial charge in [-0.3, -0.25) is 4.79 Å². The second kappa shape index (κ2) is 8.39. The Morgan fingerprint density at radius 1 is 1.40 bits per heavy atom. The third-order valence-corrected chi connectivity index (χ3v) is 3.83. The first-order chi connectivity index (χ1) is 9.51. The highest BCUT2D eigenvalue weighted by molar-refractivity contribution is 9.10. The molecule has 0 aliphatic carbocycles. The molecule has 5 heteroatoms. The molecule has 1 amide bonds. The van der Waals surface area contributed by atoms with Gasteiger partial charge in [0.05, 0.1) is 6.54 Å². The molecule has 0 spiro atoms. The van der Waals surface area contributed by atoms with Crippen LogP contribution in [0.3, 0.4) is 0 Å². The molecule has 0 saturated carbocycles. The smallest absolute Gasteiger partial charge is 0.220 e. The minimum atomic E-state index is -1.03. The average Bonchev–Trinajstić information content (AvgIpc) is 2.46. The van der Waals surface area contributed by atoms with Crippen LogP contribution < -0.4 is 5.32 Å². The first-order valence-corrected chi connectivity index (χ1v) is 7.55. The lowest BCUT2D eigenvalue weighted by atomic mass is 9.91. The minimum absolute atomic E-state index is 0.0639. The normalized spacial score (nSPS) is 13.8. The van der Waals surface area contributed by atoms with Gasteiger partial charge in [0.15, 0.2) is 0 Å². The summed E-state index contributed by atoms with van der Waals surface area (Å²) < 4.78 is 5.87. The van der Waals surface area contributed by atoms with Crippen molar-refractivity contribution in [1.29, 1.82) is 0 Å². The van der Waals surface area contributed by atoms with Gasteiger partial charge >= 0.3 is 0 Å². The maximum absolute atomic E-state index is 11.7. The molecule has 0 aromatic heterocycles. The lowest BCUT2D eigenvalue weighted by molar-refractivity contribution is -0.122. The third kappa shape index (κ3) is 5.23. The summed E-state index contributed by atoms with van der Waals surface area (Å²) in [5.41, 5.74) is -0.224. The monoisotopic (exact) mass is 343 g/mol. The fourth-order valence-corrected chi connectivity index (χ4v) is 2.17. The lowest BCUT2D eigenvalue weighted by Gasteiger charge is -2.27. The lowest BCUT2D eigenvalue weighted by Crippen LogP contribution is -2.40. The summed E-state index contributed by atoms with van der Waals surface area (Å²) in [5.74, 6) is -0.0639. The van der Waals surface area contributed by atoms with Crippen LogP contribution >= 0.6 is 15.9 Å². The molecule has 112 valence electrons. The molecule has 1 aromatic carbocycles. The number of rotatable bonds is 8. The van der Waals surface area contributed by atoms with Crippen molar-refractivity contribution in [3.8, 4) is 0 Å². The van der Waals surface area contributed by atoms with Gasteiger partial charge in [-0.05, 0) is 30.5 Å². The molecule has 20 heavy (non-hydrogen) atoms. The van der Waals surface area contributed by atoms with Crippen molar-refractivity contribution in [1.82, 2.24) is 5.32 Å². The number of methoxy groups -OCH3 is 1. The number of amides is 1. The van der Waals surface area contributed by atoms with Crippen LogP contribution in [0.25, 0.3) is 0 Å². The van der Waals surface area contributed by atoms with Crippen molar-refractivity contribution < 1.29 is 14.6 Å². The van der Waals surface area contributed by atoms with Crippen LogP contribution in [0.2, 0.25) is 0 Å². The molecule has 0 heterocycles. The Hall–Kier alpha value is -0.910. The van der Waals surface area contributed by atoms with Crippen molar-refractivity contribution in [2.45, 2.75) is 31.8 Å². The minimum Gasteiger partial charge on any atom is -0.385 e. The first-order valence-electron chi connectivity index (χ1n) is 6.76. The molecule has 0 bridgehead atoms. The van der Waals surface area contributed by atoms with E-state index in [0.29, 0.717) is 25.9 Å². The number of carbonyl (C=O) groups is 1. The Bertz CT molecular complexity index is 422. The maximum atomic E-state index is 11.7. The molecule has 0 fully saturated rings. The molecule has 0 aliphatic heterocycles. The molecular weight excluding hydrogens is 322 g/mol. The van der Waals surface area contributed by atoms with Gasteiger partial charge in [-0.2, -0.15) is 0 Å². The predicted octanol–water partition coefficient (Wildman–Crippen LogP) is 2.59. The zero-order valence-electron chi connectivity index (χ0n) is 12.0. The average molecular weight is 344 g/mol. The number of ether oxygens (including phenoxy) is 1. The number of hydrogen-bond acceptors (Lipinski definition) is 3. The van der Waals surface area contributed by atoms with Crippen LogP contribution in [-0.4, -0.2) is 31.3 Å². The predicted molar refractivity (Wildman–Crippen MR) is 82.4 cm³/mol. The summed E-state index contributed by atoms with van der Waals surface area (Å²) in [4.78, 5) is 11.7. The van der Waals surface area contributed by atoms with Crippen molar-refractivity contribution >= 4 is 21.8 Å². The summed E-state index contributed by atoms with van der Waals surface area (Å²) in [6, 6.07) is 7.50. The maximum Gasteiger partial charge on any atom is 0.220 e. The second-order valence-electron chi connectivity index (χ2n) is 4.77. The van der Waals surface area contributed by atoms with Crippen molar-refractivity contribution in [3.63, 3.8) is 0 Å². The topological polar surface area (TPSA) is 58.6 Å². The van der Waals surface area contributed by atoms with Crippen molar-refractivity contribution in [2.75, 3.05) is 20.3 Å². The number of carbonyl (C=O) groups excluding carboxylic acids is 1. The Labute approximate surface area is 128 Å². The van der Waals surface area contributed by atoms with Crippen molar-refractivity contribution in [2.24, 2.45) is 0 Å².